The molecule has 0 radical (unpaired) electrons. The van der Waals surface area contributed by atoms with E-state index in [1.165, 1.54) is 57.8 Å². The van der Waals surface area contributed by atoms with Gasteiger partial charge >= 0.3 is 0 Å². The zero-order chi connectivity index (χ0) is 11.5. The quantitative estimate of drug-likeness (QED) is 0.401. The highest BCUT2D eigenvalue weighted by molar-refractivity contribution is 4.62. The Kier molecular flexibility index (Phi) is 10.5. The molecule has 0 aromatic heterocycles. The summed E-state index contributed by atoms with van der Waals surface area (Å²) in [7, 11) is 0. The van der Waals surface area contributed by atoms with Gasteiger partial charge in [-0.15, -0.1) is 0 Å². The van der Waals surface area contributed by atoms with Crippen molar-refractivity contribution in [3.05, 3.63) is 0 Å². The minimum absolute atomic E-state index is 0.941. The molecule has 0 aliphatic carbocycles. The molecule has 0 heterocycles. The van der Waals surface area contributed by atoms with Crippen LogP contribution in [-0.2, 0) is 0 Å². The number of hydrogen-bond acceptors (Lipinski definition) is 0. The van der Waals surface area contributed by atoms with Crippen molar-refractivity contribution in [2.24, 2.45) is 11.8 Å². The molecule has 0 heteroatoms. The summed E-state index contributed by atoms with van der Waals surface area (Å²) in [5, 5.41) is 0. The van der Waals surface area contributed by atoms with Crippen molar-refractivity contribution < 1.29 is 0 Å². The third-order valence-electron chi connectivity index (χ3n) is 3.75. The Morgan fingerprint density at radius 1 is 0.600 bits per heavy atom. The maximum Gasteiger partial charge on any atom is -0.0417 e. The molecule has 0 saturated carbocycles. The molecule has 0 N–H and O–H groups in total. The molecule has 0 rings (SSSR count). The highest BCUT2D eigenvalue weighted by atomic mass is 14.2. The van der Waals surface area contributed by atoms with Crippen molar-refractivity contribution >= 4 is 0 Å². The molecule has 0 fully saturated rings. The van der Waals surface area contributed by atoms with Crippen LogP contribution in [0.15, 0.2) is 0 Å². The largest absolute Gasteiger partial charge is 0.0654 e. The first-order valence-corrected chi connectivity index (χ1v) is 7.22. The van der Waals surface area contributed by atoms with E-state index in [4.69, 9.17) is 0 Å². The lowest BCUT2D eigenvalue weighted by Gasteiger charge is -2.19. The molecule has 92 valence electrons. The lowest BCUT2D eigenvalue weighted by Crippen LogP contribution is -2.07. The molecule has 15 heavy (non-hydrogen) atoms. The zero-order valence-electron chi connectivity index (χ0n) is 11.5. The average Bonchev–Trinajstić information content (AvgIpc) is 2.25. The monoisotopic (exact) mass is 212 g/mol. The third kappa shape index (κ3) is 8.96. The topological polar surface area (TPSA) is 0 Å². The summed E-state index contributed by atoms with van der Waals surface area (Å²) in [6.45, 7) is 9.46. The minimum Gasteiger partial charge on any atom is -0.0654 e. The fraction of sp³-hybridized carbons (Fsp3) is 1.00. The van der Waals surface area contributed by atoms with Crippen molar-refractivity contribution in [3.8, 4) is 0 Å². The van der Waals surface area contributed by atoms with E-state index in [0.29, 0.717) is 0 Å². The standard InChI is InChI=1S/C15H32/c1-5-7-9-10-11-13-15(4)14(3)12-8-6-2/h14-15H,5-13H2,1-4H3. The second-order valence-corrected chi connectivity index (χ2v) is 5.30. The van der Waals surface area contributed by atoms with Gasteiger partial charge in [-0.05, 0) is 11.8 Å². The van der Waals surface area contributed by atoms with Crippen LogP contribution in [0.1, 0.15) is 85.5 Å². The maximum atomic E-state index is 2.44. The Labute approximate surface area is 97.8 Å². The zero-order valence-corrected chi connectivity index (χ0v) is 11.5. The van der Waals surface area contributed by atoms with E-state index in [-0.39, 0.29) is 0 Å². The number of hydrogen-bond donors (Lipinski definition) is 0. The highest BCUT2D eigenvalue weighted by Crippen LogP contribution is 2.23. The number of unbranched alkanes of at least 4 members (excludes halogenated alkanes) is 5. The molecular formula is C15H32. The predicted molar refractivity (Wildman–Crippen MR) is 71.2 cm³/mol. The van der Waals surface area contributed by atoms with Crippen LogP contribution in [0.5, 0.6) is 0 Å². The van der Waals surface area contributed by atoms with E-state index < -0.39 is 0 Å². The second kappa shape index (κ2) is 10.5. The Hall–Kier alpha value is 0. The van der Waals surface area contributed by atoms with Crippen LogP contribution in [0.2, 0.25) is 0 Å². The van der Waals surface area contributed by atoms with E-state index in [2.05, 4.69) is 27.7 Å². The first-order valence-electron chi connectivity index (χ1n) is 7.22. The van der Waals surface area contributed by atoms with Crippen molar-refractivity contribution in [3.63, 3.8) is 0 Å². The SMILES string of the molecule is CCCCCCCC(C)C(C)CCCC. The van der Waals surface area contributed by atoms with Crippen molar-refractivity contribution in [2.75, 3.05) is 0 Å². The summed E-state index contributed by atoms with van der Waals surface area (Å²) in [6, 6.07) is 0. The summed E-state index contributed by atoms with van der Waals surface area (Å²) >= 11 is 0. The second-order valence-electron chi connectivity index (χ2n) is 5.30. The van der Waals surface area contributed by atoms with Crippen LogP contribution in [0.3, 0.4) is 0 Å². The molecule has 0 aliphatic rings. The van der Waals surface area contributed by atoms with Crippen LogP contribution in [-0.4, -0.2) is 0 Å². The van der Waals surface area contributed by atoms with E-state index >= 15 is 0 Å². The van der Waals surface area contributed by atoms with Gasteiger partial charge in [0.25, 0.3) is 0 Å². The van der Waals surface area contributed by atoms with E-state index in [0.717, 1.165) is 11.8 Å². The average molecular weight is 212 g/mol. The number of rotatable bonds is 10. The van der Waals surface area contributed by atoms with Gasteiger partial charge in [0, 0.05) is 0 Å². The van der Waals surface area contributed by atoms with Gasteiger partial charge in [0.2, 0.25) is 0 Å². The summed E-state index contributed by atoms with van der Waals surface area (Å²) in [4.78, 5) is 0. The lowest BCUT2D eigenvalue weighted by atomic mass is 9.87. The van der Waals surface area contributed by atoms with Crippen LogP contribution in [0.25, 0.3) is 0 Å². The fourth-order valence-electron chi connectivity index (χ4n) is 2.17. The van der Waals surface area contributed by atoms with Gasteiger partial charge < -0.3 is 0 Å². The minimum atomic E-state index is 0.941. The van der Waals surface area contributed by atoms with Crippen molar-refractivity contribution in [2.45, 2.75) is 85.5 Å². The first-order chi connectivity index (χ1) is 7.22. The van der Waals surface area contributed by atoms with Crippen molar-refractivity contribution in [1.82, 2.24) is 0 Å². The van der Waals surface area contributed by atoms with Gasteiger partial charge in [-0.1, -0.05) is 85.5 Å². The molecular weight excluding hydrogens is 180 g/mol. The molecule has 0 aliphatic heterocycles. The molecule has 2 unspecified atom stereocenters. The Morgan fingerprint density at radius 3 is 1.60 bits per heavy atom. The molecule has 0 nitrogen and oxygen atoms in total. The maximum absolute atomic E-state index is 2.44. The van der Waals surface area contributed by atoms with Gasteiger partial charge in [-0.3, -0.25) is 0 Å². The fourth-order valence-corrected chi connectivity index (χ4v) is 2.17. The summed E-state index contributed by atoms with van der Waals surface area (Å²) in [6.07, 6.45) is 12.8. The summed E-state index contributed by atoms with van der Waals surface area (Å²) in [5.74, 6) is 1.88. The summed E-state index contributed by atoms with van der Waals surface area (Å²) < 4.78 is 0. The Bertz CT molecular complexity index is 117. The van der Waals surface area contributed by atoms with Gasteiger partial charge in [0.1, 0.15) is 0 Å². The van der Waals surface area contributed by atoms with Crippen LogP contribution >= 0.6 is 0 Å². The summed E-state index contributed by atoms with van der Waals surface area (Å²) in [5.41, 5.74) is 0. The Balaban J connectivity index is 3.34. The highest BCUT2D eigenvalue weighted by Gasteiger charge is 2.10. The Morgan fingerprint density at radius 2 is 1.07 bits per heavy atom. The van der Waals surface area contributed by atoms with Gasteiger partial charge in [-0.2, -0.15) is 0 Å². The van der Waals surface area contributed by atoms with E-state index in [9.17, 15) is 0 Å². The van der Waals surface area contributed by atoms with Gasteiger partial charge in [-0.25, -0.2) is 0 Å². The third-order valence-corrected chi connectivity index (χ3v) is 3.75. The lowest BCUT2D eigenvalue weighted by molar-refractivity contribution is 0.325. The normalized spacial score (nSPS) is 15.2. The van der Waals surface area contributed by atoms with Crippen LogP contribution in [0, 0.1) is 11.8 Å². The van der Waals surface area contributed by atoms with Gasteiger partial charge in [0.05, 0.1) is 0 Å². The molecule has 0 aromatic rings. The van der Waals surface area contributed by atoms with Crippen molar-refractivity contribution in [1.29, 1.82) is 0 Å². The van der Waals surface area contributed by atoms with Gasteiger partial charge in [0.15, 0.2) is 0 Å². The molecule has 0 saturated heterocycles. The molecule has 2 atom stereocenters. The first kappa shape index (κ1) is 15.0. The van der Waals surface area contributed by atoms with Crippen LogP contribution in [0.4, 0.5) is 0 Å². The molecule has 0 bridgehead atoms. The van der Waals surface area contributed by atoms with Crippen LogP contribution < -0.4 is 0 Å². The molecule has 0 spiro atoms. The predicted octanol–water partition coefficient (Wildman–Crippen LogP) is 5.81. The molecule has 0 aromatic carbocycles. The van der Waals surface area contributed by atoms with E-state index in [1.54, 1.807) is 0 Å². The smallest absolute Gasteiger partial charge is 0.0417 e. The van der Waals surface area contributed by atoms with E-state index in [1.807, 2.05) is 0 Å². The molecule has 0 amide bonds.